The van der Waals surface area contributed by atoms with Crippen molar-refractivity contribution in [1.82, 2.24) is 10.6 Å². The zero-order chi connectivity index (χ0) is 52.9. The van der Waals surface area contributed by atoms with Crippen molar-refractivity contribution in [3.63, 3.8) is 0 Å². The van der Waals surface area contributed by atoms with Crippen LogP contribution in [0.3, 0.4) is 0 Å². The number of benzene rings is 4. The van der Waals surface area contributed by atoms with E-state index in [0.717, 1.165) is 48.5 Å². The van der Waals surface area contributed by atoms with Crippen LogP contribution in [0.15, 0.2) is 82.6 Å². The summed E-state index contributed by atoms with van der Waals surface area (Å²) in [6, 6.07) is 13.3. The van der Waals surface area contributed by atoms with Gasteiger partial charge in [0.2, 0.25) is 11.8 Å². The van der Waals surface area contributed by atoms with E-state index >= 15 is 0 Å². The number of nitriles is 2. The van der Waals surface area contributed by atoms with Crippen molar-refractivity contribution >= 4 is 31.5 Å². The zero-order valence-electron chi connectivity index (χ0n) is 37.8. The average molecular weight is 1060 g/mol. The fourth-order valence-electron chi connectivity index (χ4n) is 9.07. The van der Waals surface area contributed by atoms with E-state index in [2.05, 4.69) is 10.6 Å². The zero-order valence-corrected chi connectivity index (χ0v) is 39.4. The van der Waals surface area contributed by atoms with E-state index in [1.54, 1.807) is 0 Å². The molecule has 8 rings (SSSR count). The number of ether oxygens (including phenoxy) is 2. The summed E-state index contributed by atoms with van der Waals surface area (Å²) in [4.78, 5) is 23.5. The van der Waals surface area contributed by atoms with Gasteiger partial charge in [0.1, 0.15) is 34.3 Å². The summed E-state index contributed by atoms with van der Waals surface area (Å²) >= 11 is 0. The Hall–Kier alpha value is -6.08. The van der Waals surface area contributed by atoms with Crippen LogP contribution in [-0.2, 0) is 51.1 Å². The van der Waals surface area contributed by atoms with Crippen LogP contribution in [0.1, 0.15) is 62.5 Å². The summed E-state index contributed by atoms with van der Waals surface area (Å²) in [6.45, 7) is 0. The highest BCUT2D eigenvalue weighted by Crippen LogP contribution is 2.46. The summed E-state index contributed by atoms with van der Waals surface area (Å²) in [5.74, 6) is -7.14. The van der Waals surface area contributed by atoms with Crippen LogP contribution in [-0.4, -0.2) is 76.7 Å². The van der Waals surface area contributed by atoms with Gasteiger partial charge >= 0.3 is 12.4 Å². The van der Waals surface area contributed by atoms with E-state index in [0.29, 0.717) is 49.9 Å². The highest BCUT2D eigenvalue weighted by atomic mass is 32.2. The Morgan fingerprint density at radius 2 is 0.917 bits per heavy atom. The van der Waals surface area contributed by atoms with Crippen molar-refractivity contribution in [2.45, 2.75) is 107 Å². The second kappa shape index (κ2) is 19.7. The van der Waals surface area contributed by atoms with Crippen molar-refractivity contribution in [3.8, 4) is 34.4 Å². The van der Waals surface area contributed by atoms with Crippen molar-refractivity contribution in [2.24, 2.45) is 11.8 Å². The van der Waals surface area contributed by atoms with E-state index in [1.165, 1.54) is 14.2 Å². The molecule has 384 valence electrons. The van der Waals surface area contributed by atoms with E-state index in [9.17, 15) is 80.9 Å². The lowest BCUT2D eigenvalue weighted by Gasteiger charge is -2.19. The average Bonchev–Trinajstić information content (AvgIpc) is 4.16. The first kappa shape index (κ1) is 53.7. The number of rotatable bonds is 12. The van der Waals surface area contributed by atoms with E-state index < -0.39 is 134 Å². The van der Waals surface area contributed by atoms with Crippen molar-refractivity contribution in [2.75, 3.05) is 14.2 Å². The third-order valence-electron chi connectivity index (χ3n) is 13.4. The Bertz CT molecular complexity index is 2910. The van der Waals surface area contributed by atoms with Crippen LogP contribution in [0, 0.1) is 57.8 Å². The van der Waals surface area contributed by atoms with Crippen LogP contribution in [0.25, 0.3) is 22.3 Å². The Labute approximate surface area is 406 Å². The molecule has 4 aromatic carbocycles. The number of alkyl halides is 6. The fourth-order valence-corrected chi connectivity index (χ4v) is 13.1. The van der Waals surface area contributed by atoms with Crippen LogP contribution in [0.2, 0.25) is 0 Å². The SMILES string of the molecule is CO[C@@H]1C[C@H](S(=O)(=O)c2ccc(-c3ccc(F)cc3F)cc2C(F)(F)F)C[C@H]1C(=O)NC1(C#N)CC1.CO[C@H]1C[C@@H](S(=O)(=O)c2ccc(-c3ccc(F)cc3F)cc2C(F)(F)F)C[C@@H]1C(=O)NC1(C#N)CC1. The molecule has 0 bridgehead atoms. The van der Waals surface area contributed by atoms with Crippen LogP contribution >= 0.6 is 0 Å². The number of hydrogen-bond acceptors (Lipinski definition) is 10. The number of sulfone groups is 2. The van der Waals surface area contributed by atoms with Gasteiger partial charge in [-0.2, -0.15) is 36.9 Å². The predicted octanol–water partition coefficient (Wildman–Crippen LogP) is 8.78. The third kappa shape index (κ3) is 11.0. The predicted molar refractivity (Wildman–Crippen MR) is 234 cm³/mol. The normalized spacial score (nSPS) is 23.2. The molecular weight excluding hydrogens is 1010 g/mol. The molecule has 0 aliphatic heterocycles. The van der Waals surface area contributed by atoms with E-state index in [1.807, 2.05) is 12.1 Å². The largest absolute Gasteiger partial charge is 0.417 e. The van der Waals surface area contributed by atoms with Gasteiger partial charge in [-0.1, -0.05) is 12.1 Å². The molecule has 0 aromatic heterocycles. The van der Waals surface area contributed by atoms with Gasteiger partial charge in [0.25, 0.3) is 0 Å². The first-order chi connectivity index (χ1) is 33.6. The summed E-state index contributed by atoms with van der Waals surface area (Å²) in [6.07, 6.45) is -11.2. The molecule has 24 heteroatoms. The number of methoxy groups -OCH3 is 2. The Morgan fingerprint density at radius 1 is 0.569 bits per heavy atom. The van der Waals surface area contributed by atoms with Crippen LogP contribution in [0.4, 0.5) is 43.9 Å². The lowest BCUT2D eigenvalue weighted by atomic mass is 10.0. The number of nitrogens with one attached hydrogen (secondary N) is 2. The minimum Gasteiger partial charge on any atom is -0.381 e. The first-order valence-electron chi connectivity index (χ1n) is 22.0. The Balaban J connectivity index is 0.000000211. The summed E-state index contributed by atoms with van der Waals surface area (Å²) in [5, 5.41) is 20.9. The number of hydrogen-bond donors (Lipinski definition) is 2. The first-order valence-corrected chi connectivity index (χ1v) is 25.0. The lowest BCUT2D eigenvalue weighted by molar-refractivity contribution is -0.140. The number of carbonyl (C=O) groups excluding carboxylic acids is 2. The van der Waals surface area contributed by atoms with Gasteiger partial charge in [-0.05, 0) is 111 Å². The molecule has 0 unspecified atom stereocenters. The molecule has 72 heavy (non-hydrogen) atoms. The highest BCUT2D eigenvalue weighted by molar-refractivity contribution is 7.92. The lowest BCUT2D eigenvalue weighted by Crippen LogP contribution is -2.42. The maximum absolute atomic E-state index is 14.2. The molecule has 2 N–H and O–H groups in total. The fraction of sp³-hybridized carbons (Fsp3) is 0.417. The molecule has 4 aliphatic rings. The van der Waals surface area contributed by atoms with Gasteiger partial charge in [0, 0.05) is 37.5 Å². The van der Waals surface area contributed by atoms with Gasteiger partial charge in [0.15, 0.2) is 19.7 Å². The molecule has 2 amide bonds. The Morgan fingerprint density at radius 3 is 1.19 bits per heavy atom. The smallest absolute Gasteiger partial charge is 0.381 e. The van der Waals surface area contributed by atoms with Crippen LogP contribution in [0.5, 0.6) is 0 Å². The van der Waals surface area contributed by atoms with Gasteiger partial charge in [-0.25, -0.2) is 34.4 Å². The third-order valence-corrected chi connectivity index (χ3v) is 17.9. The number of nitrogens with zero attached hydrogens (tertiary/aromatic N) is 2. The number of amides is 2. The molecule has 4 fully saturated rings. The standard InChI is InChI=1S/2C24H21F5N2O4S/c2*1-35-20-11-15(10-17(20)22(32)31-23(12-30)6-7-23)36(33,34)21-5-2-13(8-18(21)24(27,28)29)16-4-3-14(25)9-19(16)26/h2*2-5,8-9,15,17,20H,6-7,10-11H2,1H3,(H,31,32)/t2*15-,17-,20-/m10/s1. The second-order valence-electron chi connectivity index (χ2n) is 18.1. The van der Waals surface area contributed by atoms with E-state index in [-0.39, 0.29) is 47.9 Å². The second-order valence-corrected chi connectivity index (χ2v) is 22.5. The van der Waals surface area contributed by atoms with Gasteiger partial charge in [-0.15, -0.1) is 0 Å². The molecular formula is C48H42F10N4O8S2. The molecule has 4 aliphatic carbocycles. The summed E-state index contributed by atoms with van der Waals surface area (Å²) < 4.78 is 203. The summed E-state index contributed by atoms with van der Waals surface area (Å²) in [5.41, 5.74) is -6.18. The molecule has 0 spiro atoms. The molecule has 4 aromatic rings. The number of halogens is 10. The molecule has 0 heterocycles. The highest BCUT2D eigenvalue weighted by Gasteiger charge is 2.53. The molecule has 6 atom stereocenters. The molecule has 12 nitrogen and oxygen atoms in total. The van der Waals surface area contributed by atoms with Crippen LogP contribution < -0.4 is 10.6 Å². The van der Waals surface area contributed by atoms with Gasteiger partial charge < -0.3 is 20.1 Å². The maximum atomic E-state index is 14.2. The van der Waals surface area contributed by atoms with Crippen molar-refractivity contribution < 1.29 is 79.8 Å². The Kier molecular flexibility index (Phi) is 14.7. The quantitative estimate of drug-likeness (QED) is 0.130. The minimum absolute atomic E-state index is 0.220. The monoisotopic (exact) mass is 1060 g/mol. The summed E-state index contributed by atoms with van der Waals surface area (Å²) in [7, 11) is -6.68. The topological polar surface area (TPSA) is 193 Å². The maximum Gasteiger partial charge on any atom is 0.417 e. The minimum atomic E-state index is -5.10. The van der Waals surface area contributed by atoms with Crippen molar-refractivity contribution in [3.05, 3.63) is 107 Å². The molecule has 0 saturated heterocycles. The number of carbonyl (C=O) groups is 2. The van der Waals surface area contributed by atoms with Gasteiger partial charge in [0.05, 0.1) is 67.6 Å². The van der Waals surface area contributed by atoms with Gasteiger partial charge in [-0.3, -0.25) is 9.59 Å². The molecule has 4 saturated carbocycles. The molecule has 0 radical (unpaired) electrons. The van der Waals surface area contributed by atoms with Crippen molar-refractivity contribution in [1.29, 1.82) is 10.5 Å². The van der Waals surface area contributed by atoms with E-state index in [4.69, 9.17) is 9.47 Å².